The van der Waals surface area contributed by atoms with E-state index in [0.717, 1.165) is 0 Å². The molecule has 2 atom stereocenters. The number of nitrogens with zero attached hydrogens (tertiary/aromatic N) is 1. The summed E-state index contributed by atoms with van der Waals surface area (Å²) >= 11 is 0. The standard InChI is InChI=1S/C14H25NO3/c1-7-14(5,17)10-13(4)9-8-12(2,3)15(13)11(16)18-6/h8-9,17H,7,10H2,1-6H3/t13-,14+/m0/s1. The van der Waals surface area contributed by atoms with Crippen LogP contribution in [0.1, 0.15) is 47.5 Å². The van der Waals surface area contributed by atoms with Gasteiger partial charge in [-0.05, 0) is 34.1 Å². The maximum absolute atomic E-state index is 12.0. The Hall–Kier alpha value is -1.03. The highest BCUT2D eigenvalue weighted by molar-refractivity contribution is 5.71. The van der Waals surface area contributed by atoms with Crippen molar-refractivity contribution in [1.82, 2.24) is 4.90 Å². The average molecular weight is 255 g/mol. The van der Waals surface area contributed by atoms with Crippen LogP contribution < -0.4 is 0 Å². The summed E-state index contributed by atoms with van der Waals surface area (Å²) < 4.78 is 4.88. The van der Waals surface area contributed by atoms with Crippen molar-refractivity contribution in [3.05, 3.63) is 12.2 Å². The van der Waals surface area contributed by atoms with Gasteiger partial charge >= 0.3 is 6.09 Å². The van der Waals surface area contributed by atoms with E-state index in [1.807, 2.05) is 39.8 Å². The first-order chi connectivity index (χ1) is 8.08. The van der Waals surface area contributed by atoms with Crippen LogP contribution >= 0.6 is 0 Å². The predicted octanol–water partition coefficient (Wildman–Crippen LogP) is 2.71. The average Bonchev–Trinajstić information content (AvgIpc) is 2.48. The van der Waals surface area contributed by atoms with Gasteiger partial charge < -0.3 is 9.84 Å². The quantitative estimate of drug-likeness (QED) is 0.789. The van der Waals surface area contributed by atoms with Crippen molar-refractivity contribution in [1.29, 1.82) is 0 Å². The third-order valence-corrected chi connectivity index (χ3v) is 3.79. The summed E-state index contributed by atoms with van der Waals surface area (Å²) in [6, 6.07) is 0. The number of hydrogen-bond acceptors (Lipinski definition) is 3. The lowest BCUT2D eigenvalue weighted by Gasteiger charge is -2.44. The molecule has 1 N–H and O–H groups in total. The van der Waals surface area contributed by atoms with E-state index in [4.69, 9.17) is 4.74 Å². The molecule has 0 aromatic carbocycles. The van der Waals surface area contributed by atoms with Crippen molar-refractivity contribution in [3.8, 4) is 0 Å². The van der Waals surface area contributed by atoms with Crippen LogP contribution in [0, 0.1) is 0 Å². The van der Waals surface area contributed by atoms with Crippen molar-refractivity contribution in [2.24, 2.45) is 0 Å². The fraction of sp³-hybridized carbons (Fsp3) is 0.786. The first-order valence-corrected chi connectivity index (χ1v) is 6.39. The molecule has 0 aromatic heterocycles. The number of aliphatic hydroxyl groups is 1. The Labute approximate surface area is 110 Å². The van der Waals surface area contributed by atoms with E-state index in [1.165, 1.54) is 7.11 Å². The van der Waals surface area contributed by atoms with Crippen LogP contribution in [0.5, 0.6) is 0 Å². The van der Waals surface area contributed by atoms with E-state index >= 15 is 0 Å². The van der Waals surface area contributed by atoms with Gasteiger partial charge in [0.15, 0.2) is 0 Å². The molecule has 0 saturated heterocycles. The number of rotatable bonds is 3. The number of amides is 1. The third-order valence-electron chi connectivity index (χ3n) is 3.79. The first-order valence-electron chi connectivity index (χ1n) is 6.39. The number of methoxy groups -OCH3 is 1. The lowest BCUT2D eigenvalue weighted by Crippen LogP contribution is -2.56. The zero-order valence-electron chi connectivity index (χ0n) is 12.3. The van der Waals surface area contributed by atoms with E-state index in [2.05, 4.69) is 0 Å². The van der Waals surface area contributed by atoms with Gasteiger partial charge in [0.2, 0.25) is 0 Å². The summed E-state index contributed by atoms with van der Waals surface area (Å²) in [4.78, 5) is 13.7. The Balaban J connectivity index is 3.06. The Morgan fingerprint density at radius 1 is 1.39 bits per heavy atom. The van der Waals surface area contributed by atoms with Crippen LogP contribution in [0.25, 0.3) is 0 Å². The summed E-state index contributed by atoms with van der Waals surface area (Å²) in [6.07, 6.45) is 4.76. The summed E-state index contributed by atoms with van der Waals surface area (Å²) in [5, 5.41) is 10.3. The summed E-state index contributed by atoms with van der Waals surface area (Å²) in [6.45, 7) is 9.63. The van der Waals surface area contributed by atoms with E-state index in [9.17, 15) is 9.90 Å². The van der Waals surface area contributed by atoms with Crippen molar-refractivity contribution < 1.29 is 14.6 Å². The Morgan fingerprint density at radius 2 is 1.94 bits per heavy atom. The minimum absolute atomic E-state index is 0.362. The molecular weight excluding hydrogens is 230 g/mol. The molecule has 1 aliphatic rings. The molecule has 4 heteroatoms. The van der Waals surface area contributed by atoms with Crippen LogP contribution in [-0.4, -0.2) is 39.9 Å². The normalized spacial score (nSPS) is 29.2. The van der Waals surface area contributed by atoms with Crippen molar-refractivity contribution in [2.75, 3.05) is 7.11 Å². The molecule has 0 radical (unpaired) electrons. The lowest BCUT2D eigenvalue weighted by atomic mass is 9.84. The monoisotopic (exact) mass is 255 g/mol. The minimum Gasteiger partial charge on any atom is -0.453 e. The highest BCUT2D eigenvalue weighted by Gasteiger charge is 2.49. The van der Waals surface area contributed by atoms with Gasteiger partial charge in [-0.3, -0.25) is 4.90 Å². The zero-order valence-corrected chi connectivity index (χ0v) is 12.3. The SMILES string of the molecule is CC[C@@](C)(O)C[C@]1(C)C=CC(C)(C)N1C(=O)OC. The van der Waals surface area contributed by atoms with E-state index in [-0.39, 0.29) is 6.09 Å². The van der Waals surface area contributed by atoms with Crippen molar-refractivity contribution >= 4 is 6.09 Å². The van der Waals surface area contributed by atoms with E-state index in [1.54, 1.807) is 11.8 Å². The van der Waals surface area contributed by atoms with Gasteiger partial charge in [-0.25, -0.2) is 4.79 Å². The molecule has 1 aliphatic heterocycles. The molecule has 4 nitrogen and oxygen atoms in total. The van der Waals surface area contributed by atoms with Gasteiger partial charge in [0.1, 0.15) is 0 Å². The van der Waals surface area contributed by atoms with E-state index in [0.29, 0.717) is 12.8 Å². The molecule has 0 fully saturated rings. The second-order valence-electron chi connectivity index (χ2n) is 6.18. The summed E-state index contributed by atoms with van der Waals surface area (Å²) in [7, 11) is 1.38. The molecule has 0 unspecified atom stereocenters. The van der Waals surface area contributed by atoms with Crippen LogP contribution in [0.3, 0.4) is 0 Å². The molecule has 0 saturated carbocycles. The Morgan fingerprint density at radius 3 is 2.39 bits per heavy atom. The predicted molar refractivity (Wildman–Crippen MR) is 71.4 cm³/mol. The molecule has 1 rings (SSSR count). The van der Waals surface area contributed by atoms with Crippen LogP contribution in [0.15, 0.2) is 12.2 Å². The highest BCUT2D eigenvalue weighted by Crippen LogP contribution is 2.40. The minimum atomic E-state index is -0.800. The third kappa shape index (κ3) is 2.69. The second-order valence-corrected chi connectivity index (χ2v) is 6.18. The summed E-state index contributed by atoms with van der Waals surface area (Å²) in [5.41, 5.74) is -1.71. The molecular formula is C14H25NO3. The Bertz CT molecular complexity index is 360. The van der Waals surface area contributed by atoms with Gasteiger partial charge in [-0.1, -0.05) is 19.1 Å². The van der Waals surface area contributed by atoms with Gasteiger partial charge in [0.05, 0.1) is 23.8 Å². The molecule has 104 valence electrons. The van der Waals surface area contributed by atoms with Crippen LogP contribution in [0.4, 0.5) is 4.79 Å². The molecule has 1 amide bonds. The van der Waals surface area contributed by atoms with Gasteiger partial charge in [0, 0.05) is 6.42 Å². The number of ether oxygens (including phenoxy) is 1. The fourth-order valence-corrected chi connectivity index (χ4v) is 2.76. The lowest BCUT2D eigenvalue weighted by molar-refractivity contribution is -0.0129. The first kappa shape index (κ1) is 15.0. The largest absolute Gasteiger partial charge is 0.453 e. The number of hydrogen-bond donors (Lipinski definition) is 1. The smallest absolute Gasteiger partial charge is 0.410 e. The molecule has 0 aromatic rings. The maximum Gasteiger partial charge on any atom is 0.410 e. The molecule has 0 bridgehead atoms. The number of carbonyl (C=O) groups is 1. The van der Waals surface area contributed by atoms with Crippen molar-refractivity contribution in [2.45, 2.75) is 64.1 Å². The maximum atomic E-state index is 12.0. The molecule has 18 heavy (non-hydrogen) atoms. The van der Waals surface area contributed by atoms with Crippen LogP contribution in [0.2, 0.25) is 0 Å². The molecule has 0 spiro atoms. The second kappa shape index (κ2) is 4.57. The van der Waals surface area contributed by atoms with E-state index < -0.39 is 16.7 Å². The molecule has 0 aliphatic carbocycles. The zero-order chi connectivity index (χ0) is 14.2. The van der Waals surface area contributed by atoms with Crippen LogP contribution in [-0.2, 0) is 4.74 Å². The number of carbonyl (C=O) groups excluding carboxylic acids is 1. The Kier molecular flexibility index (Phi) is 3.82. The van der Waals surface area contributed by atoms with Gasteiger partial charge in [0.25, 0.3) is 0 Å². The van der Waals surface area contributed by atoms with Gasteiger partial charge in [-0.15, -0.1) is 0 Å². The topological polar surface area (TPSA) is 49.8 Å². The van der Waals surface area contributed by atoms with Gasteiger partial charge in [-0.2, -0.15) is 0 Å². The highest BCUT2D eigenvalue weighted by atomic mass is 16.5. The summed E-state index contributed by atoms with van der Waals surface area (Å²) in [5.74, 6) is 0. The van der Waals surface area contributed by atoms with Crippen molar-refractivity contribution in [3.63, 3.8) is 0 Å². The molecule has 1 heterocycles. The fourth-order valence-electron chi connectivity index (χ4n) is 2.76.